The molecule has 1 saturated heterocycles. The predicted molar refractivity (Wildman–Crippen MR) is 153 cm³/mol. The summed E-state index contributed by atoms with van der Waals surface area (Å²) in [6.07, 6.45) is 2.19. The molecule has 0 bridgehead atoms. The summed E-state index contributed by atoms with van der Waals surface area (Å²) in [6, 6.07) is 7.49. The first-order chi connectivity index (χ1) is 18.0. The van der Waals surface area contributed by atoms with Gasteiger partial charge in [0, 0.05) is 32.0 Å². The second kappa shape index (κ2) is 10.1. The highest BCUT2D eigenvalue weighted by Gasteiger charge is 2.45. The largest absolute Gasteiger partial charge is 0.462 e. The number of carbonyl (C=O) groups is 2. The van der Waals surface area contributed by atoms with Crippen LogP contribution >= 0.6 is 23.2 Å². The highest BCUT2D eigenvalue weighted by atomic mass is 35.5. The number of Topliss-reactive ketones (excluding diaryl/α,β-unsaturated/α-hetero) is 1. The maximum absolute atomic E-state index is 12.9. The molecule has 0 amide bonds. The minimum absolute atomic E-state index is 0.178. The first-order valence-electron chi connectivity index (χ1n) is 13.2. The van der Waals surface area contributed by atoms with Crippen LogP contribution < -0.4 is 10.2 Å². The second-order valence-electron chi connectivity index (χ2n) is 11.4. The third kappa shape index (κ3) is 5.10. The van der Waals surface area contributed by atoms with E-state index in [1.807, 2.05) is 57.5 Å². The lowest BCUT2D eigenvalue weighted by atomic mass is 9.87. The number of esters is 1. The van der Waals surface area contributed by atoms with Gasteiger partial charge in [0.2, 0.25) is 5.95 Å². The van der Waals surface area contributed by atoms with E-state index in [1.54, 1.807) is 6.07 Å². The number of aryl methyl sites for hydroxylation is 2. The van der Waals surface area contributed by atoms with Crippen LogP contribution in [0.2, 0.25) is 10.0 Å². The zero-order valence-corrected chi connectivity index (χ0v) is 24.0. The number of ketones is 1. The number of anilines is 3. The summed E-state index contributed by atoms with van der Waals surface area (Å²) in [7, 11) is 1.92. The zero-order valence-electron chi connectivity index (χ0n) is 22.5. The van der Waals surface area contributed by atoms with Gasteiger partial charge in [-0.15, -0.1) is 0 Å². The molecule has 1 aliphatic heterocycles. The average Bonchev–Trinajstić information content (AvgIpc) is 3.35. The van der Waals surface area contributed by atoms with Crippen LogP contribution in [0.5, 0.6) is 0 Å². The number of carbonyl (C=O) groups excluding carboxylic acids is 2. The van der Waals surface area contributed by atoms with Crippen molar-refractivity contribution in [3.8, 4) is 0 Å². The van der Waals surface area contributed by atoms with Crippen LogP contribution in [0, 0.1) is 17.3 Å². The number of halogens is 2. The molecular formula is C29H34Cl2N4O3. The van der Waals surface area contributed by atoms with Crippen molar-refractivity contribution < 1.29 is 14.3 Å². The maximum Gasteiger partial charge on any atom is 0.340 e. The van der Waals surface area contributed by atoms with E-state index in [9.17, 15) is 9.59 Å². The van der Waals surface area contributed by atoms with Crippen LogP contribution in [0.15, 0.2) is 24.3 Å². The molecule has 202 valence electrons. The van der Waals surface area contributed by atoms with Crippen molar-refractivity contribution in [2.75, 3.05) is 29.9 Å². The Hall–Kier alpha value is -2.77. The number of rotatable bonds is 8. The Balaban J connectivity index is 1.47. The second-order valence-corrected chi connectivity index (χ2v) is 12.2. The molecule has 2 aliphatic rings. The van der Waals surface area contributed by atoms with E-state index in [2.05, 4.69) is 10.2 Å². The molecule has 0 radical (unpaired) electrons. The molecule has 1 N–H and O–H groups in total. The van der Waals surface area contributed by atoms with E-state index < -0.39 is 5.41 Å². The highest BCUT2D eigenvalue weighted by molar-refractivity contribution is 6.39. The molecule has 2 aromatic carbocycles. The van der Waals surface area contributed by atoms with E-state index in [0.717, 1.165) is 41.7 Å². The average molecular weight is 558 g/mol. The number of ether oxygens (including phenoxy) is 1. The molecule has 2 heterocycles. The molecule has 2 unspecified atom stereocenters. The summed E-state index contributed by atoms with van der Waals surface area (Å²) in [5.74, 6) is 1.83. The lowest BCUT2D eigenvalue weighted by Crippen LogP contribution is -2.24. The SMILES string of the molecule is CCOC(=O)c1cc2nc(Nc3c(Cl)ccc(CCC(=O)C(C)(C)C)c3Cl)n(C)c2cc1N1CC2CC2C1. The van der Waals surface area contributed by atoms with Crippen LogP contribution in [0.25, 0.3) is 11.0 Å². The Morgan fingerprint density at radius 1 is 1.16 bits per heavy atom. The fourth-order valence-corrected chi connectivity index (χ4v) is 5.77. The standard InChI is InChI=1S/C29H34Cl2N4O3/c1-6-38-27(37)19-12-21-23(13-22(19)35-14-17-11-18(17)15-35)34(5)28(32-21)33-26-20(30)9-7-16(25(26)31)8-10-24(36)29(2,3)4/h7,9,12-13,17-18H,6,8,10-11,14-15H2,1-5H3,(H,32,33). The lowest BCUT2D eigenvalue weighted by Gasteiger charge is -2.23. The number of nitrogens with zero attached hydrogens (tertiary/aromatic N) is 3. The lowest BCUT2D eigenvalue weighted by molar-refractivity contribution is -0.126. The van der Waals surface area contributed by atoms with Crippen molar-refractivity contribution in [2.24, 2.45) is 24.3 Å². The fraction of sp³-hybridized carbons (Fsp3) is 0.483. The number of hydrogen-bond acceptors (Lipinski definition) is 6. The van der Waals surface area contributed by atoms with Gasteiger partial charge in [-0.3, -0.25) is 4.79 Å². The van der Waals surface area contributed by atoms with E-state index in [-0.39, 0.29) is 11.8 Å². The Morgan fingerprint density at radius 3 is 2.53 bits per heavy atom. The number of hydrogen-bond donors (Lipinski definition) is 1. The first kappa shape index (κ1) is 26.8. The Labute approximate surface area is 233 Å². The zero-order chi connectivity index (χ0) is 27.4. The minimum Gasteiger partial charge on any atom is -0.462 e. The van der Waals surface area contributed by atoms with Crippen LogP contribution in [0.1, 0.15) is 56.5 Å². The summed E-state index contributed by atoms with van der Waals surface area (Å²) < 4.78 is 7.32. The van der Waals surface area contributed by atoms with Crippen LogP contribution in [-0.4, -0.2) is 41.0 Å². The molecule has 5 rings (SSSR count). The summed E-state index contributed by atoms with van der Waals surface area (Å²) in [6.45, 7) is 9.80. The number of benzene rings is 2. The maximum atomic E-state index is 12.9. The predicted octanol–water partition coefficient (Wildman–Crippen LogP) is 6.80. The van der Waals surface area contributed by atoms with Crippen molar-refractivity contribution in [3.63, 3.8) is 0 Å². The van der Waals surface area contributed by atoms with Gasteiger partial charge in [-0.1, -0.05) is 50.0 Å². The third-order valence-electron chi connectivity index (χ3n) is 7.68. The number of fused-ring (bicyclic) bond motifs is 2. The number of nitrogens with one attached hydrogen (secondary N) is 1. The molecule has 2 fully saturated rings. The third-order valence-corrected chi connectivity index (χ3v) is 8.43. The van der Waals surface area contributed by atoms with Gasteiger partial charge in [-0.25, -0.2) is 9.78 Å². The molecule has 1 saturated carbocycles. The van der Waals surface area contributed by atoms with Gasteiger partial charge in [-0.05, 0) is 55.4 Å². The van der Waals surface area contributed by atoms with E-state index in [4.69, 9.17) is 32.9 Å². The quantitative estimate of drug-likeness (QED) is 0.307. The molecule has 1 aromatic heterocycles. The topological polar surface area (TPSA) is 76.5 Å². The molecule has 9 heteroatoms. The molecule has 3 aromatic rings. The van der Waals surface area contributed by atoms with Gasteiger partial charge in [-0.2, -0.15) is 0 Å². The van der Waals surface area contributed by atoms with E-state index >= 15 is 0 Å². The molecular weight excluding hydrogens is 523 g/mol. The molecule has 38 heavy (non-hydrogen) atoms. The molecule has 0 spiro atoms. The number of piperidine rings is 1. The highest BCUT2D eigenvalue weighted by Crippen LogP contribution is 2.47. The normalized spacial score (nSPS) is 18.6. The first-order valence-corrected chi connectivity index (χ1v) is 13.9. The van der Waals surface area contributed by atoms with Gasteiger partial charge >= 0.3 is 5.97 Å². The van der Waals surface area contributed by atoms with E-state index in [0.29, 0.717) is 52.2 Å². The minimum atomic E-state index is -0.399. The van der Waals surface area contributed by atoms with Crippen molar-refractivity contribution in [2.45, 2.75) is 47.0 Å². The van der Waals surface area contributed by atoms with Gasteiger partial charge in [0.15, 0.2) is 0 Å². The number of aromatic nitrogens is 2. The summed E-state index contributed by atoms with van der Waals surface area (Å²) in [5.41, 5.74) is 3.96. The smallest absolute Gasteiger partial charge is 0.340 e. The fourth-order valence-electron chi connectivity index (χ4n) is 5.21. The van der Waals surface area contributed by atoms with Gasteiger partial charge in [0.1, 0.15) is 5.78 Å². The summed E-state index contributed by atoms with van der Waals surface area (Å²) in [5, 5.41) is 4.23. The van der Waals surface area contributed by atoms with Gasteiger partial charge in [0.25, 0.3) is 0 Å². The van der Waals surface area contributed by atoms with E-state index in [1.165, 1.54) is 6.42 Å². The van der Waals surface area contributed by atoms with Crippen molar-refractivity contribution in [3.05, 3.63) is 45.4 Å². The Bertz CT molecular complexity index is 1420. The van der Waals surface area contributed by atoms with Gasteiger partial charge < -0.3 is 19.5 Å². The number of imidazole rings is 1. The van der Waals surface area contributed by atoms with Crippen LogP contribution in [0.4, 0.5) is 17.3 Å². The molecule has 1 aliphatic carbocycles. The van der Waals surface area contributed by atoms with Crippen molar-refractivity contribution in [1.29, 1.82) is 0 Å². The molecule has 7 nitrogen and oxygen atoms in total. The van der Waals surface area contributed by atoms with Crippen molar-refractivity contribution in [1.82, 2.24) is 9.55 Å². The summed E-state index contributed by atoms with van der Waals surface area (Å²) >= 11 is 13.3. The Morgan fingerprint density at radius 2 is 1.87 bits per heavy atom. The monoisotopic (exact) mass is 556 g/mol. The van der Waals surface area contributed by atoms with Crippen LogP contribution in [0.3, 0.4) is 0 Å². The van der Waals surface area contributed by atoms with Gasteiger partial charge in [0.05, 0.1) is 44.6 Å². The summed E-state index contributed by atoms with van der Waals surface area (Å²) in [4.78, 5) is 32.4. The van der Waals surface area contributed by atoms with Crippen LogP contribution in [-0.2, 0) is 23.0 Å². The molecule has 2 atom stereocenters. The Kier molecular flexibility index (Phi) is 7.12. The van der Waals surface area contributed by atoms with Crippen molar-refractivity contribution >= 4 is 63.3 Å².